The molecule has 1 aromatic carbocycles. The Balaban J connectivity index is 2.68. The van der Waals surface area contributed by atoms with Crippen LogP contribution in [-0.2, 0) is 4.79 Å². The van der Waals surface area contributed by atoms with Gasteiger partial charge in [0.25, 0.3) is 0 Å². The summed E-state index contributed by atoms with van der Waals surface area (Å²) in [4.78, 5) is 11.7. The number of ketones is 1. The molecule has 15 heavy (non-hydrogen) atoms. The van der Waals surface area contributed by atoms with Gasteiger partial charge < -0.3 is 0 Å². The smallest absolute Gasteiger partial charge is 0.162 e. The Morgan fingerprint density at radius 2 is 1.93 bits per heavy atom. The maximum Gasteiger partial charge on any atom is 0.162 e. The maximum atomic E-state index is 11.7. The lowest BCUT2D eigenvalue weighted by molar-refractivity contribution is -0.113. The highest BCUT2D eigenvalue weighted by atomic mass is 35.5. The number of hydrogen-bond acceptors (Lipinski definition) is 1. The molecule has 0 atom stereocenters. The second-order valence-electron chi connectivity index (χ2n) is 3.51. The number of carbonyl (C=O) groups excluding carboxylic acids is 1. The fourth-order valence-electron chi connectivity index (χ4n) is 1.30. The lowest BCUT2D eigenvalue weighted by Gasteiger charge is -2.04. The molecule has 80 valence electrons. The number of halogens is 1. The van der Waals surface area contributed by atoms with E-state index < -0.39 is 0 Å². The molecule has 0 heterocycles. The standard InChI is InChI=1S/C13H15ClO/c1-3-4-5-13(15)10(2)11-6-8-12(14)9-7-11/h6-9H,2-5H2,1H3. The zero-order chi connectivity index (χ0) is 11.3. The number of hydrogen-bond donors (Lipinski definition) is 0. The normalized spacial score (nSPS) is 10.0. The molecule has 0 amide bonds. The van der Waals surface area contributed by atoms with E-state index in [9.17, 15) is 4.79 Å². The summed E-state index contributed by atoms with van der Waals surface area (Å²) >= 11 is 5.76. The van der Waals surface area contributed by atoms with Crippen molar-refractivity contribution >= 4 is 23.0 Å². The van der Waals surface area contributed by atoms with Crippen LogP contribution in [0.1, 0.15) is 31.7 Å². The van der Waals surface area contributed by atoms with Crippen LogP contribution in [0.15, 0.2) is 30.8 Å². The Kier molecular flexibility index (Phi) is 4.57. The third kappa shape index (κ3) is 3.52. The maximum absolute atomic E-state index is 11.7. The first-order valence-electron chi connectivity index (χ1n) is 5.13. The molecule has 0 radical (unpaired) electrons. The van der Waals surface area contributed by atoms with E-state index >= 15 is 0 Å². The van der Waals surface area contributed by atoms with E-state index in [2.05, 4.69) is 13.5 Å². The minimum absolute atomic E-state index is 0.124. The highest BCUT2D eigenvalue weighted by Crippen LogP contribution is 2.18. The van der Waals surface area contributed by atoms with Gasteiger partial charge in [0.1, 0.15) is 0 Å². The Labute approximate surface area is 95.8 Å². The molecule has 0 aliphatic heterocycles. The molecule has 0 aliphatic rings. The summed E-state index contributed by atoms with van der Waals surface area (Å²) in [6.45, 7) is 5.88. The predicted octanol–water partition coefficient (Wildman–Crippen LogP) is 4.11. The van der Waals surface area contributed by atoms with E-state index in [1.54, 1.807) is 12.1 Å². The monoisotopic (exact) mass is 222 g/mol. The zero-order valence-electron chi connectivity index (χ0n) is 8.92. The van der Waals surface area contributed by atoms with Crippen LogP contribution in [0.5, 0.6) is 0 Å². The van der Waals surface area contributed by atoms with Crippen LogP contribution in [0, 0.1) is 0 Å². The second-order valence-corrected chi connectivity index (χ2v) is 3.95. The van der Waals surface area contributed by atoms with Gasteiger partial charge in [0.15, 0.2) is 5.78 Å². The summed E-state index contributed by atoms with van der Waals surface area (Å²) in [7, 11) is 0. The van der Waals surface area contributed by atoms with E-state index in [0.717, 1.165) is 18.4 Å². The third-order valence-electron chi connectivity index (χ3n) is 2.29. The Morgan fingerprint density at radius 1 is 1.33 bits per heavy atom. The predicted molar refractivity (Wildman–Crippen MR) is 65.0 cm³/mol. The lowest BCUT2D eigenvalue weighted by atomic mass is 10.0. The molecule has 0 fully saturated rings. The summed E-state index contributed by atoms with van der Waals surface area (Å²) in [5.41, 5.74) is 1.45. The van der Waals surface area contributed by atoms with Crippen LogP contribution in [0.3, 0.4) is 0 Å². The van der Waals surface area contributed by atoms with Gasteiger partial charge in [-0.2, -0.15) is 0 Å². The lowest BCUT2D eigenvalue weighted by Crippen LogP contribution is -2.00. The fourth-order valence-corrected chi connectivity index (χ4v) is 1.43. The van der Waals surface area contributed by atoms with E-state index in [1.165, 1.54) is 0 Å². The molecule has 0 saturated heterocycles. The van der Waals surface area contributed by atoms with E-state index in [-0.39, 0.29) is 5.78 Å². The molecule has 0 bridgehead atoms. The molecule has 0 saturated carbocycles. The largest absolute Gasteiger partial charge is 0.294 e. The first kappa shape index (κ1) is 12.0. The molecule has 1 nitrogen and oxygen atoms in total. The molecule has 1 aromatic rings. The van der Waals surface area contributed by atoms with Crippen molar-refractivity contribution in [1.82, 2.24) is 0 Å². The van der Waals surface area contributed by atoms with Crippen LogP contribution >= 0.6 is 11.6 Å². The van der Waals surface area contributed by atoms with Crippen LogP contribution in [-0.4, -0.2) is 5.78 Å². The number of allylic oxidation sites excluding steroid dienone is 1. The number of benzene rings is 1. The molecule has 0 unspecified atom stereocenters. The fraction of sp³-hybridized carbons (Fsp3) is 0.308. The molecular weight excluding hydrogens is 208 g/mol. The Bertz CT molecular complexity index is 351. The minimum atomic E-state index is 0.124. The van der Waals surface area contributed by atoms with Crippen molar-refractivity contribution in [3.63, 3.8) is 0 Å². The molecule has 0 spiro atoms. The molecule has 0 aromatic heterocycles. The SMILES string of the molecule is C=C(C(=O)CCCC)c1ccc(Cl)cc1. The number of Topliss-reactive ketones (excluding diaryl/α,β-unsaturated/α-hetero) is 1. The van der Waals surface area contributed by atoms with Gasteiger partial charge in [0.05, 0.1) is 0 Å². The van der Waals surface area contributed by atoms with Crippen LogP contribution in [0.25, 0.3) is 5.57 Å². The van der Waals surface area contributed by atoms with Crippen LogP contribution in [0.2, 0.25) is 5.02 Å². The quantitative estimate of drug-likeness (QED) is 0.686. The van der Waals surface area contributed by atoms with Gasteiger partial charge in [-0.1, -0.05) is 43.7 Å². The molecule has 0 aliphatic carbocycles. The summed E-state index contributed by atoms with van der Waals surface area (Å²) in [6, 6.07) is 7.20. The van der Waals surface area contributed by atoms with Gasteiger partial charge in [-0.05, 0) is 24.1 Å². The average molecular weight is 223 g/mol. The zero-order valence-corrected chi connectivity index (χ0v) is 9.68. The van der Waals surface area contributed by atoms with Crippen molar-refractivity contribution in [3.8, 4) is 0 Å². The summed E-state index contributed by atoms with van der Waals surface area (Å²) < 4.78 is 0. The Morgan fingerprint density at radius 3 is 2.47 bits per heavy atom. The van der Waals surface area contributed by atoms with Gasteiger partial charge in [-0.3, -0.25) is 4.79 Å². The summed E-state index contributed by atoms with van der Waals surface area (Å²) in [6.07, 6.45) is 2.53. The van der Waals surface area contributed by atoms with Crippen molar-refractivity contribution in [2.75, 3.05) is 0 Å². The van der Waals surface area contributed by atoms with Gasteiger partial charge >= 0.3 is 0 Å². The van der Waals surface area contributed by atoms with Gasteiger partial charge in [-0.15, -0.1) is 0 Å². The molecule has 0 N–H and O–H groups in total. The first-order chi connectivity index (χ1) is 7.15. The van der Waals surface area contributed by atoms with E-state index in [4.69, 9.17) is 11.6 Å². The summed E-state index contributed by atoms with van der Waals surface area (Å²) in [5.74, 6) is 0.124. The number of carbonyl (C=O) groups is 1. The van der Waals surface area contributed by atoms with Crippen LogP contribution < -0.4 is 0 Å². The minimum Gasteiger partial charge on any atom is -0.294 e. The Hall–Kier alpha value is -1.08. The van der Waals surface area contributed by atoms with Gasteiger partial charge in [0.2, 0.25) is 0 Å². The van der Waals surface area contributed by atoms with Crippen molar-refractivity contribution in [2.45, 2.75) is 26.2 Å². The highest BCUT2D eigenvalue weighted by molar-refractivity contribution is 6.30. The average Bonchev–Trinajstić information content (AvgIpc) is 2.26. The third-order valence-corrected chi connectivity index (χ3v) is 2.54. The number of rotatable bonds is 5. The van der Waals surface area contributed by atoms with Gasteiger partial charge in [0, 0.05) is 17.0 Å². The second kappa shape index (κ2) is 5.72. The van der Waals surface area contributed by atoms with Crippen molar-refractivity contribution < 1.29 is 4.79 Å². The molecular formula is C13H15ClO. The molecule has 1 rings (SSSR count). The highest BCUT2D eigenvalue weighted by Gasteiger charge is 2.08. The number of unbranched alkanes of at least 4 members (excludes halogenated alkanes) is 1. The van der Waals surface area contributed by atoms with Gasteiger partial charge in [-0.25, -0.2) is 0 Å². The topological polar surface area (TPSA) is 17.1 Å². The first-order valence-corrected chi connectivity index (χ1v) is 5.51. The molecule has 2 heteroatoms. The van der Waals surface area contributed by atoms with Crippen molar-refractivity contribution in [1.29, 1.82) is 0 Å². The van der Waals surface area contributed by atoms with E-state index in [0.29, 0.717) is 17.0 Å². The van der Waals surface area contributed by atoms with E-state index in [1.807, 2.05) is 12.1 Å². The summed E-state index contributed by atoms with van der Waals surface area (Å²) in [5, 5.41) is 0.674. The van der Waals surface area contributed by atoms with Crippen molar-refractivity contribution in [2.24, 2.45) is 0 Å². The van der Waals surface area contributed by atoms with Crippen molar-refractivity contribution in [3.05, 3.63) is 41.4 Å². The van der Waals surface area contributed by atoms with Crippen LogP contribution in [0.4, 0.5) is 0 Å².